The number of hydrogen-bond donors (Lipinski definition) is 3. The van der Waals surface area contributed by atoms with Crippen LogP contribution in [0.4, 0.5) is 0 Å². The molecule has 1 aromatic heterocycles. The number of carbonyl (C=O) groups is 1. The van der Waals surface area contributed by atoms with Crippen LogP contribution < -0.4 is 5.32 Å². The van der Waals surface area contributed by atoms with Crippen molar-refractivity contribution in [2.45, 2.75) is 12.8 Å². The third-order valence-electron chi connectivity index (χ3n) is 1.92. The lowest BCUT2D eigenvalue weighted by Gasteiger charge is -2.05. The van der Waals surface area contributed by atoms with E-state index in [1.54, 1.807) is 0 Å². The monoisotopic (exact) mass is 210 g/mol. The largest absolute Gasteiger partial charge is 0.505 e. The Morgan fingerprint density at radius 3 is 2.93 bits per heavy atom. The smallest absolute Gasteiger partial charge is 0.255 e. The van der Waals surface area contributed by atoms with Crippen LogP contribution in [0.3, 0.4) is 0 Å². The van der Waals surface area contributed by atoms with Gasteiger partial charge in [-0.25, -0.2) is 0 Å². The van der Waals surface area contributed by atoms with Crippen molar-refractivity contribution in [3.8, 4) is 5.75 Å². The average molecular weight is 210 g/mol. The van der Waals surface area contributed by atoms with Crippen LogP contribution in [0.2, 0.25) is 0 Å². The Kier molecular flexibility index (Phi) is 4.56. The van der Waals surface area contributed by atoms with Crippen LogP contribution in [0.15, 0.2) is 18.5 Å². The summed E-state index contributed by atoms with van der Waals surface area (Å²) in [5, 5.41) is 20.5. The van der Waals surface area contributed by atoms with Crippen LogP contribution in [-0.2, 0) is 0 Å². The topological polar surface area (TPSA) is 82.5 Å². The Hall–Kier alpha value is -1.62. The first kappa shape index (κ1) is 11.5. The lowest BCUT2D eigenvalue weighted by atomic mass is 10.2. The number of aromatic nitrogens is 1. The molecule has 0 aliphatic rings. The molecule has 0 aromatic carbocycles. The number of aliphatic hydroxyl groups is 1. The fourth-order valence-electron chi connectivity index (χ4n) is 1.11. The second kappa shape index (κ2) is 5.98. The first-order valence-corrected chi connectivity index (χ1v) is 4.77. The summed E-state index contributed by atoms with van der Waals surface area (Å²) in [5.41, 5.74) is 0.217. The number of aromatic hydroxyl groups is 1. The summed E-state index contributed by atoms with van der Waals surface area (Å²) in [6, 6.07) is 1.46. The normalized spacial score (nSPS) is 9.93. The molecule has 0 unspecified atom stereocenters. The molecule has 5 heteroatoms. The first-order chi connectivity index (χ1) is 7.25. The van der Waals surface area contributed by atoms with Crippen molar-refractivity contribution >= 4 is 5.91 Å². The molecule has 5 nitrogen and oxygen atoms in total. The summed E-state index contributed by atoms with van der Waals surface area (Å²) in [5.74, 6) is -0.454. The van der Waals surface area contributed by atoms with Gasteiger partial charge in [0, 0.05) is 19.3 Å². The fourth-order valence-corrected chi connectivity index (χ4v) is 1.11. The molecule has 0 fully saturated rings. The van der Waals surface area contributed by atoms with Crippen LogP contribution in [0.25, 0.3) is 0 Å². The van der Waals surface area contributed by atoms with E-state index in [1.807, 2.05) is 0 Å². The van der Waals surface area contributed by atoms with Crippen molar-refractivity contribution in [2.75, 3.05) is 13.2 Å². The molecule has 0 aliphatic heterocycles. The van der Waals surface area contributed by atoms with Gasteiger partial charge in [0.05, 0.1) is 11.8 Å². The number of hydrogen-bond acceptors (Lipinski definition) is 4. The van der Waals surface area contributed by atoms with Crippen LogP contribution in [0.1, 0.15) is 23.2 Å². The summed E-state index contributed by atoms with van der Waals surface area (Å²) in [6.45, 7) is 0.609. The predicted octanol–water partition coefficient (Wildman–Crippen LogP) is 0.289. The van der Waals surface area contributed by atoms with E-state index in [0.717, 1.165) is 0 Å². The number of nitrogens with one attached hydrogen (secondary N) is 1. The quantitative estimate of drug-likeness (QED) is 0.610. The van der Waals surface area contributed by atoms with Gasteiger partial charge in [0.15, 0.2) is 0 Å². The number of amides is 1. The van der Waals surface area contributed by atoms with Crippen molar-refractivity contribution in [3.63, 3.8) is 0 Å². The highest BCUT2D eigenvalue weighted by Crippen LogP contribution is 2.13. The zero-order valence-electron chi connectivity index (χ0n) is 8.31. The highest BCUT2D eigenvalue weighted by molar-refractivity contribution is 5.96. The van der Waals surface area contributed by atoms with Gasteiger partial charge in [-0.3, -0.25) is 9.78 Å². The standard InChI is InChI=1S/C10H14N2O3/c13-6-2-1-4-12-10(15)8-3-5-11-7-9(8)14/h3,5,7,13-14H,1-2,4,6H2,(H,12,15). The molecule has 3 N–H and O–H groups in total. The highest BCUT2D eigenvalue weighted by Gasteiger charge is 2.09. The Balaban J connectivity index is 2.44. The zero-order valence-corrected chi connectivity index (χ0v) is 8.31. The highest BCUT2D eigenvalue weighted by atomic mass is 16.3. The number of unbranched alkanes of at least 4 members (excludes halogenated alkanes) is 1. The van der Waals surface area contributed by atoms with E-state index < -0.39 is 0 Å². The van der Waals surface area contributed by atoms with E-state index in [-0.39, 0.29) is 23.8 Å². The van der Waals surface area contributed by atoms with Crippen molar-refractivity contribution in [1.82, 2.24) is 10.3 Å². The summed E-state index contributed by atoms with van der Waals surface area (Å²) in [7, 11) is 0. The van der Waals surface area contributed by atoms with Gasteiger partial charge < -0.3 is 15.5 Å². The van der Waals surface area contributed by atoms with E-state index in [2.05, 4.69) is 10.3 Å². The molecule has 0 spiro atoms. The number of aliphatic hydroxyl groups excluding tert-OH is 1. The minimum atomic E-state index is -0.326. The Morgan fingerprint density at radius 1 is 1.47 bits per heavy atom. The fraction of sp³-hybridized carbons (Fsp3) is 0.400. The van der Waals surface area contributed by atoms with Crippen molar-refractivity contribution in [1.29, 1.82) is 0 Å². The maximum absolute atomic E-state index is 11.5. The van der Waals surface area contributed by atoms with Gasteiger partial charge in [0.2, 0.25) is 0 Å². The molecule has 1 rings (SSSR count). The zero-order chi connectivity index (χ0) is 11.1. The van der Waals surface area contributed by atoms with Crippen LogP contribution in [0, 0.1) is 0 Å². The number of carbonyl (C=O) groups excluding carboxylic acids is 1. The van der Waals surface area contributed by atoms with E-state index in [4.69, 9.17) is 5.11 Å². The Bertz CT molecular complexity index is 328. The molecular formula is C10H14N2O3. The van der Waals surface area contributed by atoms with Crippen LogP contribution in [-0.4, -0.2) is 34.3 Å². The van der Waals surface area contributed by atoms with Crippen molar-refractivity contribution in [2.24, 2.45) is 0 Å². The van der Waals surface area contributed by atoms with Gasteiger partial charge in [0.1, 0.15) is 5.75 Å². The predicted molar refractivity (Wildman–Crippen MR) is 54.6 cm³/mol. The summed E-state index contributed by atoms with van der Waals surface area (Å²) >= 11 is 0. The number of rotatable bonds is 5. The molecule has 0 radical (unpaired) electrons. The minimum Gasteiger partial charge on any atom is -0.505 e. The summed E-state index contributed by atoms with van der Waals surface area (Å²) in [4.78, 5) is 15.1. The maximum Gasteiger partial charge on any atom is 0.255 e. The molecule has 82 valence electrons. The lowest BCUT2D eigenvalue weighted by molar-refractivity contribution is 0.0949. The third-order valence-corrected chi connectivity index (χ3v) is 1.92. The van der Waals surface area contributed by atoms with Crippen LogP contribution >= 0.6 is 0 Å². The second-order valence-electron chi connectivity index (χ2n) is 3.08. The molecule has 0 saturated carbocycles. The average Bonchev–Trinajstić information content (AvgIpc) is 2.25. The van der Waals surface area contributed by atoms with E-state index in [0.29, 0.717) is 19.4 Å². The van der Waals surface area contributed by atoms with Crippen molar-refractivity contribution < 1.29 is 15.0 Å². The number of nitrogens with zero attached hydrogens (tertiary/aromatic N) is 1. The molecule has 0 aliphatic carbocycles. The molecule has 1 aromatic rings. The van der Waals surface area contributed by atoms with Gasteiger partial charge in [-0.1, -0.05) is 0 Å². The Labute approximate surface area is 87.8 Å². The van der Waals surface area contributed by atoms with Gasteiger partial charge in [-0.2, -0.15) is 0 Å². The lowest BCUT2D eigenvalue weighted by Crippen LogP contribution is -2.24. The molecule has 1 heterocycles. The van der Waals surface area contributed by atoms with Gasteiger partial charge in [-0.05, 0) is 18.9 Å². The maximum atomic E-state index is 11.5. The minimum absolute atomic E-state index is 0.121. The van der Waals surface area contributed by atoms with Gasteiger partial charge in [0.25, 0.3) is 5.91 Å². The molecule has 0 atom stereocenters. The third kappa shape index (κ3) is 3.55. The summed E-state index contributed by atoms with van der Waals surface area (Å²) in [6.07, 6.45) is 4.04. The Morgan fingerprint density at radius 2 is 2.27 bits per heavy atom. The molecule has 1 amide bonds. The van der Waals surface area contributed by atoms with Crippen LogP contribution in [0.5, 0.6) is 5.75 Å². The molecule has 0 bridgehead atoms. The summed E-state index contributed by atoms with van der Waals surface area (Å²) < 4.78 is 0. The first-order valence-electron chi connectivity index (χ1n) is 4.77. The second-order valence-corrected chi connectivity index (χ2v) is 3.08. The number of pyridine rings is 1. The van der Waals surface area contributed by atoms with Gasteiger partial charge in [-0.15, -0.1) is 0 Å². The molecular weight excluding hydrogens is 196 g/mol. The van der Waals surface area contributed by atoms with E-state index in [1.165, 1.54) is 18.5 Å². The molecule has 15 heavy (non-hydrogen) atoms. The van der Waals surface area contributed by atoms with E-state index >= 15 is 0 Å². The molecule has 0 saturated heterocycles. The van der Waals surface area contributed by atoms with E-state index in [9.17, 15) is 9.90 Å². The van der Waals surface area contributed by atoms with Gasteiger partial charge >= 0.3 is 0 Å². The SMILES string of the molecule is O=C(NCCCCO)c1ccncc1O. The van der Waals surface area contributed by atoms with Crippen molar-refractivity contribution in [3.05, 3.63) is 24.0 Å².